The Morgan fingerprint density at radius 3 is 2.88 bits per heavy atom. The first-order chi connectivity index (χ1) is 8.25. The van der Waals surface area contributed by atoms with Crippen molar-refractivity contribution in [3.8, 4) is 0 Å². The summed E-state index contributed by atoms with van der Waals surface area (Å²) < 4.78 is 5.21. The van der Waals surface area contributed by atoms with E-state index in [2.05, 4.69) is 9.97 Å². The zero-order valence-corrected chi connectivity index (χ0v) is 9.58. The van der Waals surface area contributed by atoms with Gasteiger partial charge in [-0.3, -0.25) is 9.97 Å². The molecule has 0 saturated heterocycles. The molecule has 5 heteroatoms. The zero-order chi connectivity index (χ0) is 12.1. The molecule has 1 atom stereocenters. The molecule has 1 aliphatic carbocycles. The summed E-state index contributed by atoms with van der Waals surface area (Å²) in [6, 6.07) is 0. The van der Waals surface area contributed by atoms with Gasteiger partial charge in [0.05, 0.1) is 5.69 Å². The molecule has 0 bridgehead atoms. The van der Waals surface area contributed by atoms with Crippen LogP contribution in [0.4, 0.5) is 0 Å². The fourth-order valence-corrected chi connectivity index (χ4v) is 1.97. The highest BCUT2D eigenvalue weighted by molar-refractivity contribution is 5.74. The Bertz CT molecular complexity index is 363. The maximum Gasteiger partial charge on any atom is 0.335 e. The van der Waals surface area contributed by atoms with Crippen molar-refractivity contribution in [2.24, 2.45) is 0 Å². The molecule has 0 spiro atoms. The second-order valence-electron chi connectivity index (χ2n) is 4.26. The molecule has 1 unspecified atom stereocenters. The summed E-state index contributed by atoms with van der Waals surface area (Å²) in [7, 11) is 0. The molecule has 0 aromatic carbocycles. The SMILES string of the molecule is O=C(OC1CCCC1)C(O)Cc1cnccn1. The Kier molecular flexibility index (Phi) is 4.03. The van der Waals surface area contributed by atoms with Gasteiger partial charge in [-0.15, -0.1) is 0 Å². The maximum atomic E-state index is 11.6. The molecule has 1 aliphatic rings. The first-order valence-corrected chi connectivity index (χ1v) is 5.89. The molecule has 0 amide bonds. The molecule has 5 nitrogen and oxygen atoms in total. The molecular weight excluding hydrogens is 220 g/mol. The summed E-state index contributed by atoms with van der Waals surface area (Å²) in [6.45, 7) is 0. The number of aliphatic hydroxyl groups is 1. The van der Waals surface area contributed by atoms with E-state index >= 15 is 0 Å². The number of aromatic nitrogens is 2. The normalized spacial score (nSPS) is 17.9. The molecule has 92 valence electrons. The lowest BCUT2D eigenvalue weighted by atomic mass is 10.2. The van der Waals surface area contributed by atoms with Gasteiger partial charge in [-0.05, 0) is 25.7 Å². The van der Waals surface area contributed by atoms with Crippen molar-refractivity contribution in [1.29, 1.82) is 0 Å². The third-order valence-electron chi connectivity index (χ3n) is 2.88. The van der Waals surface area contributed by atoms with Crippen LogP contribution in [-0.4, -0.2) is 33.3 Å². The molecular formula is C12H16N2O3. The highest BCUT2D eigenvalue weighted by Gasteiger charge is 2.24. The van der Waals surface area contributed by atoms with Crippen molar-refractivity contribution in [2.75, 3.05) is 0 Å². The predicted octanol–water partition coefficient (Wildman–Crippen LogP) is 0.866. The lowest BCUT2D eigenvalue weighted by molar-refractivity contribution is -0.158. The third-order valence-corrected chi connectivity index (χ3v) is 2.88. The molecule has 1 N–H and O–H groups in total. The predicted molar refractivity (Wildman–Crippen MR) is 60.1 cm³/mol. The minimum absolute atomic E-state index is 0.0148. The van der Waals surface area contributed by atoms with Gasteiger partial charge in [0, 0.05) is 25.0 Å². The van der Waals surface area contributed by atoms with Crippen LogP contribution in [0.1, 0.15) is 31.4 Å². The molecule has 0 aliphatic heterocycles. The van der Waals surface area contributed by atoms with Gasteiger partial charge in [0.15, 0.2) is 6.10 Å². The average Bonchev–Trinajstić information content (AvgIpc) is 2.83. The summed E-state index contributed by atoms with van der Waals surface area (Å²) in [4.78, 5) is 19.5. The van der Waals surface area contributed by atoms with Crippen LogP contribution in [0.15, 0.2) is 18.6 Å². The average molecular weight is 236 g/mol. The van der Waals surface area contributed by atoms with Crippen molar-refractivity contribution in [2.45, 2.75) is 44.3 Å². The summed E-state index contributed by atoms with van der Waals surface area (Å²) in [5.41, 5.74) is 0.586. The number of ether oxygens (including phenoxy) is 1. The minimum Gasteiger partial charge on any atom is -0.460 e. The summed E-state index contributed by atoms with van der Waals surface area (Å²) in [5.74, 6) is -0.553. The van der Waals surface area contributed by atoms with Gasteiger partial charge >= 0.3 is 5.97 Å². The van der Waals surface area contributed by atoms with Crippen LogP contribution in [0.3, 0.4) is 0 Å². The molecule has 1 fully saturated rings. The highest BCUT2D eigenvalue weighted by atomic mass is 16.6. The Hall–Kier alpha value is -1.49. The van der Waals surface area contributed by atoms with Gasteiger partial charge in [0.1, 0.15) is 6.10 Å². The van der Waals surface area contributed by atoms with E-state index in [0.29, 0.717) is 5.69 Å². The third kappa shape index (κ3) is 3.49. The topological polar surface area (TPSA) is 72.3 Å². The number of nitrogens with zero attached hydrogens (tertiary/aromatic N) is 2. The van der Waals surface area contributed by atoms with E-state index in [9.17, 15) is 9.90 Å². The van der Waals surface area contributed by atoms with Crippen LogP contribution in [0.2, 0.25) is 0 Å². The van der Waals surface area contributed by atoms with Crippen LogP contribution in [0, 0.1) is 0 Å². The van der Waals surface area contributed by atoms with Crippen LogP contribution in [-0.2, 0) is 16.0 Å². The number of carbonyl (C=O) groups is 1. The van der Waals surface area contributed by atoms with Gasteiger partial charge in [0.25, 0.3) is 0 Å². The van der Waals surface area contributed by atoms with E-state index in [1.54, 1.807) is 6.20 Å². The molecule has 17 heavy (non-hydrogen) atoms. The van der Waals surface area contributed by atoms with Gasteiger partial charge in [0.2, 0.25) is 0 Å². The van der Waals surface area contributed by atoms with Gasteiger partial charge in [-0.1, -0.05) is 0 Å². The highest BCUT2D eigenvalue weighted by Crippen LogP contribution is 2.21. The van der Waals surface area contributed by atoms with E-state index in [0.717, 1.165) is 25.7 Å². The number of aliphatic hydroxyl groups excluding tert-OH is 1. The number of esters is 1. The number of rotatable bonds is 4. The molecule has 1 aromatic rings. The van der Waals surface area contributed by atoms with E-state index < -0.39 is 12.1 Å². The second-order valence-corrected chi connectivity index (χ2v) is 4.26. The lowest BCUT2D eigenvalue weighted by Gasteiger charge is -2.14. The van der Waals surface area contributed by atoms with Crippen molar-refractivity contribution in [3.05, 3.63) is 24.3 Å². The zero-order valence-electron chi connectivity index (χ0n) is 9.58. The number of hydrogen-bond acceptors (Lipinski definition) is 5. The van der Waals surface area contributed by atoms with Crippen molar-refractivity contribution in [3.63, 3.8) is 0 Å². The van der Waals surface area contributed by atoms with Crippen LogP contribution >= 0.6 is 0 Å². The van der Waals surface area contributed by atoms with Gasteiger partial charge in [-0.2, -0.15) is 0 Å². The van der Waals surface area contributed by atoms with Crippen molar-refractivity contribution < 1.29 is 14.6 Å². The largest absolute Gasteiger partial charge is 0.460 e. The number of carbonyl (C=O) groups excluding carboxylic acids is 1. The Morgan fingerprint density at radius 2 is 2.24 bits per heavy atom. The summed E-state index contributed by atoms with van der Waals surface area (Å²) >= 11 is 0. The quantitative estimate of drug-likeness (QED) is 0.785. The van der Waals surface area contributed by atoms with Crippen molar-refractivity contribution >= 4 is 5.97 Å². The molecule has 2 rings (SSSR count). The lowest BCUT2D eigenvalue weighted by Crippen LogP contribution is -2.29. The number of hydrogen-bond donors (Lipinski definition) is 1. The summed E-state index contributed by atoms with van der Waals surface area (Å²) in [6.07, 6.45) is 7.61. The molecule has 1 heterocycles. The standard InChI is InChI=1S/C12H16N2O3/c15-11(7-9-8-13-5-6-14-9)12(16)17-10-3-1-2-4-10/h5-6,8,10-11,15H,1-4,7H2. The maximum absolute atomic E-state index is 11.6. The van der Waals surface area contributed by atoms with E-state index in [4.69, 9.17) is 4.74 Å². The molecule has 1 saturated carbocycles. The van der Waals surface area contributed by atoms with E-state index in [-0.39, 0.29) is 12.5 Å². The summed E-state index contributed by atoms with van der Waals surface area (Å²) in [5, 5.41) is 9.69. The Morgan fingerprint density at radius 1 is 1.47 bits per heavy atom. The van der Waals surface area contributed by atoms with Crippen LogP contribution in [0.25, 0.3) is 0 Å². The van der Waals surface area contributed by atoms with Gasteiger partial charge in [-0.25, -0.2) is 4.79 Å². The fourth-order valence-electron chi connectivity index (χ4n) is 1.97. The first kappa shape index (κ1) is 12.0. The monoisotopic (exact) mass is 236 g/mol. The van der Waals surface area contributed by atoms with Gasteiger partial charge < -0.3 is 9.84 Å². The second kappa shape index (κ2) is 5.72. The van der Waals surface area contributed by atoms with Crippen LogP contribution < -0.4 is 0 Å². The smallest absolute Gasteiger partial charge is 0.335 e. The fraction of sp³-hybridized carbons (Fsp3) is 0.583. The van der Waals surface area contributed by atoms with Crippen LogP contribution in [0.5, 0.6) is 0 Å². The Balaban J connectivity index is 1.82. The van der Waals surface area contributed by atoms with Crippen molar-refractivity contribution in [1.82, 2.24) is 9.97 Å². The van der Waals surface area contributed by atoms with E-state index in [1.807, 2.05) is 0 Å². The van der Waals surface area contributed by atoms with E-state index in [1.165, 1.54) is 12.4 Å². The first-order valence-electron chi connectivity index (χ1n) is 5.89. The molecule has 1 aromatic heterocycles. The minimum atomic E-state index is -1.15. The Labute approximate surface area is 99.9 Å². The molecule has 0 radical (unpaired) electrons.